The van der Waals surface area contributed by atoms with E-state index in [9.17, 15) is 4.79 Å². The fourth-order valence-corrected chi connectivity index (χ4v) is 3.17. The van der Waals surface area contributed by atoms with Gasteiger partial charge in [0.2, 0.25) is 5.24 Å². The average molecular weight is 329 g/mol. The number of rotatable bonds is 4. The predicted octanol–water partition coefficient (Wildman–Crippen LogP) is 4.65. The van der Waals surface area contributed by atoms with Gasteiger partial charge < -0.3 is 0 Å². The Morgan fingerprint density at radius 2 is 1.85 bits per heavy atom. The van der Waals surface area contributed by atoms with E-state index in [4.69, 9.17) is 34.8 Å². The highest BCUT2D eigenvalue weighted by molar-refractivity contribution is 6.65. The summed E-state index contributed by atoms with van der Waals surface area (Å²) in [5.74, 6) is 0. The highest BCUT2D eigenvalue weighted by atomic mass is 35.5. The number of aromatic nitrogens is 1. The Hall–Kier alpha value is -1.09. The molecule has 0 aliphatic rings. The molecule has 0 N–H and O–H groups in total. The fraction of sp³-hybridized carbons (Fsp3) is 0.200. The number of carbonyl (C=O) groups is 1. The van der Waals surface area contributed by atoms with Crippen molar-refractivity contribution in [3.8, 4) is 0 Å². The molecule has 0 aliphatic heterocycles. The molecule has 5 heteroatoms. The van der Waals surface area contributed by atoms with E-state index < -0.39 is 10.7 Å². The van der Waals surface area contributed by atoms with Crippen LogP contribution in [0.5, 0.6) is 0 Å². The van der Waals surface area contributed by atoms with Gasteiger partial charge in [-0.05, 0) is 48.7 Å². The minimum absolute atomic E-state index is 0.382. The molecule has 104 valence electrons. The van der Waals surface area contributed by atoms with Gasteiger partial charge >= 0.3 is 0 Å². The molecule has 0 aliphatic carbocycles. The summed E-state index contributed by atoms with van der Waals surface area (Å²) in [7, 11) is 0. The zero-order valence-corrected chi connectivity index (χ0v) is 13.0. The summed E-state index contributed by atoms with van der Waals surface area (Å²) >= 11 is 18.3. The molecule has 0 bridgehead atoms. The molecule has 0 amide bonds. The molecule has 2 rings (SSSR count). The van der Waals surface area contributed by atoms with E-state index >= 15 is 0 Å². The van der Waals surface area contributed by atoms with Crippen molar-refractivity contribution in [3.05, 3.63) is 63.9 Å². The Morgan fingerprint density at radius 3 is 2.35 bits per heavy atom. The summed E-state index contributed by atoms with van der Waals surface area (Å²) in [5, 5.41) is 0.354. The molecule has 2 aromatic rings. The molecule has 1 heterocycles. The van der Waals surface area contributed by atoms with Crippen LogP contribution in [-0.4, -0.2) is 10.2 Å². The van der Waals surface area contributed by atoms with Crippen molar-refractivity contribution in [1.82, 2.24) is 4.98 Å². The third-order valence-electron chi connectivity index (χ3n) is 3.23. The molecule has 0 spiro atoms. The Labute approximate surface area is 132 Å². The first kappa shape index (κ1) is 15.3. The van der Waals surface area contributed by atoms with Crippen molar-refractivity contribution in [2.24, 2.45) is 0 Å². The average Bonchev–Trinajstić information content (AvgIpc) is 2.39. The predicted molar refractivity (Wildman–Crippen MR) is 82.6 cm³/mol. The highest BCUT2D eigenvalue weighted by Crippen LogP contribution is 2.39. The second-order valence-corrected chi connectivity index (χ2v) is 5.90. The monoisotopic (exact) mass is 327 g/mol. The number of hydrogen-bond donors (Lipinski definition) is 0. The second kappa shape index (κ2) is 6.13. The number of hydrogen-bond acceptors (Lipinski definition) is 2. The maximum Gasteiger partial charge on any atom is 0.232 e. The van der Waals surface area contributed by atoms with E-state index in [0.29, 0.717) is 22.0 Å². The van der Waals surface area contributed by atoms with Gasteiger partial charge in [0.1, 0.15) is 0 Å². The number of nitrogens with zero attached hydrogens (tertiary/aromatic N) is 1. The van der Waals surface area contributed by atoms with Crippen molar-refractivity contribution in [2.45, 2.75) is 18.8 Å². The van der Waals surface area contributed by atoms with E-state index in [1.54, 1.807) is 37.5 Å². The normalized spacial score (nSPS) is 13.8. The quantitative estimate of drug-likeness (QED) is 0.764. The third kappa shape index (κ3) is 2.98. The standard InChI is InChI=1S/C15H12Cl3NO/c1-15(14(18)20,8-10-4-3-7-19-9-10)13-11(16)5-2-6-12(13)17/h2-7,9H,8H2,1H3. The maximum absolute atomic E-state index is 12.0. The minimum atomic E-state index is -1.000. The van der Waals surface area contributed by atoms with Crippen molar-refractivity contribution in [2.75, 3.05) is 0 Å². The molecule has 0 fully saturated rings. The van der Waals surface area contributed by atoms with Gasteiger partial charge in [0, 0.05) is 28.0 Å². The van der Waals surface area contributed by atoms with Crippen molar-refractivity contribution in [3.63, 3.8) is 0 Å². The van der Waals surface area contributed by atoms with Crippen molar-refractivity contribution in [1.29, 1.82) is 0 Å². The molecular formula is C15H12Cl3NO. The lowest BCUT2D eigenvalue weighted by atomic mass is 9.78. The van der Waals surface area contributed by atoms with Crippen LogP contribution in [0.15, 0.2) is 42.7 Å². The van der Waals surface area contributed by atoms with Gasteiger partial charge in [0.25, 0.3) is 0 Å². The summed E-state index contributed by atoms with van der Waals surface area (Å²) < 4.78 is 0. The van der Waals surface area contributed by atoms with Crippen LogP contribution in [0, 0.1) is 0 Å². The molecule has 0 saturated carbocycles. The molecule has 20 heavy (non-hydrogen) atoms. The van der Waals surface area contributed by atoms with Crippen LogP contribution < -0.4 is 0 Å². The SMILES string of the molecule is CC(Cc1cccnc1)(C(=O)Cl)c1c(Cl)cccc1Cl. The van der Waals surface area contributed by atoms with E-state index in [1.807, 2.05) is 12.1 Å². The summed E-state index contributed by atoms with van der Waals surface area (Å²) in [6.45, 7) is 1.74. The van der Waals surface area contributed by atoms with Gasteiger partial charge in [0.15, 0.2) is 0 Å². The number of pyridine rings is 1. The van der Waals surface area contributed by atoms with Crippen LogP contribution >= 0.6 is 34.8 Å². The van der Waals surface area contributed by atoms with Crippen LogP contribution in [0.25, 0.3) is 0 Å². The molecule has 1 aromatic heterocycles. The van der Waals surface area contributed by atoms with Gasteiger partial charge in [-0.1, -0.05) is 35.3 Å². The Balaban J connectivity index is 2.53. The van der Waals surface area contributed by atoms with Gasteiger partial charge in [0.05, 0.1) is 5.41 Å². The highest BCUT2D eigenvalue weighted by Gasteiger charge is 2.37. The molecule has 1 atom stereocenters. The zero-order valence-electron chi connectivity index (χ0n) is 10.7. The lowest BCUT2D eigenvalue weighted by Crippen LogP contribution is -2.32. The number of benzene rings is 1. The first-order valence-corrected chi connectivity index (χ1v) is 7.12. The van der Waals surface area contributed by atoms with Gasteiger partial charge in [-0.2, -0.15) is 0 Å². The Morgan fingerprint density at radius 1 is 1.20 bits per heavy atom. The van der Waals surface area contributed by atoms with Crippen LogP contribution in [0.2, 0.25) is 10.0 Å². The smallest absolute Gasteiger partial charge is 0.232 e. The molecule has 0 saturated heterocycles. The van der Waals surface area contributed by atoms with Gasteiger partial charge in [-0.15, -0.1) is 0 Å². The van der Waals surface area contributed by atoms with Gasteiger partial charge in [-0.3, -0.25) is 9.78 Å². The van der Waals surface area contributed by atoms with E-state index in [1.165, 1.54) is 0 Å². The van der Waals surface area contributed by atoms with E-state index in [0.717, 1.165) is 5.56 Å². The Kier molecular flexibility index (Phi) is 4.69. The maximum atomic E-state index is 12.0. The molecule has 2 nitrogen and oxygen atoms in total. The minimum Gasteiger partial charge on any atom is -0.280 e. The third-order valence-corrected chi connectivity index (χ3v) is 4.28. The second-order valence-electron chi connectivity index (χ2n) is 4.74. The summed E-state index contributed by atoms with van der Waals surface area (Å²) in [5.41, 5.74) is 0.437. The van der Waals surface area contributed by atoms with Crippen LogP contribution in [0.4, 0.5) is 0 Å². The number of halogens is 3. The van der Waals surface area contributed by atoms with Gasteiger partial charge in [-0.25, -0.2) is 0 Å². The molecule has 1 unspecified atom stereocenters. The van der Waals surface area contributed by atoms with Crippen molar-refractivity contribution >= 4 is 40.0 Å². The first-order chi connectivity index (χ1) is 9.45. The first-order valence-electron chi connectivity index (χ1n) is 5.98. The van der Waals surface area contributed by atoms with Crippen LogP contribution in [0.3, 0.4) is 0 Å². The van der Waals surface area contributed by atoms with E-state index in [-0.39, 0.29) is 0 Å². The molecular weight excluding hydrogens is 317 g/mol. The zero-order chi connectivity index (χ0) is 14.8. The summed E-state index contributed by atoms with van der Waals surface area (Å²) in [4.78, 5) is 16.0. The molecule has 1 aromatic carbocycles. The van der Waals surface area contributed by atoms with E-state index in [2.05, 4.69) is 4.98 Å². The fourth-order valence-electron chi connectivity index (χ4n) is 2.19. The lowest BCUT2D eigenvalue weighted by molar-refractivity contribution is -0.116. The van der Waals surface area contributed by atoms with Crippen molar-refractivity contribution < 1.29 is 4.79 Å². The van der Waals surface area contributed by atoms with Crippen LogP contribution in [-0.2, 0) is 16.6 Å². The summed E-state index contributed by atoms with van der Waals surface area (Å²) in [6, 6.07) is 8.82. The topological polar surface area (TPSA) is 30.0 Å². The molecule has 0 radical (unpaired) electrons. The lowest BCUT2D eigenvalue weighted by Gasteiger charge is -2.28. The van der Waals surface area contributed by atoms with Crippen LogP contribution in [0.1, 0.15) is 18.1 Å². The number of carbonyl (C=O) groups excluding carboxylic acids is 1. The summed E-state index contributed by atoms with van der Waals surface area (Å²) in [6.07, 6.45) is 3.75. The largest absolute Gasteiger partial charge is 0.280 e. The Bertz CT molecular complexity index is 610.